The molecule has 0 aliphatic heterocycles. The summed E-state index contributed by atoms with van der Waals surface area (Å²) in [6, 6.07) is 0. The van der Waals surface area contributed by atoms with Crippen LogP contribution < -0.4 is 0 Å². The second-order valence-corrected chi connectivity index (χ2v) is 16.4. The first-order valence-corrected chi connectivity index (χ1v) is 24.8. The number of rotatable bonds is 44. The van der Waals surface area contributed by atoms with Gasteiger partial charge in [-0.3, -0.25) is 14.4 Å². The number of unbranched alkanes of at least 4 members (excludes halogenated alkanes) is 24. The fourth-order valence-electron chi connectivity index (χ4n) is 6.79. The van der Waals surface area contributed by atoms with Gasteiger partial charge in [0.2, 0.25) is 0 Å². The van der Waals surface area contributed by atoms with Crippen LogP contribution in [0.25, 0.3) is 0 Å². The van der Waals surface area contributed by atoms with Crippen molar-refractivity contribution in [3.05, 3.63) is 60.8 Å². The number of esters is 3. The van der Waals surface area contributed by atoms with E-state index in [1.165, 1.54) is 122 Å². The molecule has 0 amide bonds. The SMILES string of the molecule is CC/C=C\C/C=C\C/C=C\CC(=O)OCC(COC(=O)CCCCCCC/C=C\CCCCCCCCC)OC(=O)CCCCCCC/C=C\CCCCCCCCC. The topological polar surface area (TPSA) is 78.9 Å². The highest BCUT2D eigenvalue weighted by Crippen LogP contribution is 2.14. The van der Waals surface area contributed by atoms with Crippen molar-refractivity contribution in [3.8, 4) is 0 Å². The molecule has 0 N–H and O–H groups in total. The van der Waals surface area contributed by atoms with Crippen LogP contribution in [-0.2, 0) is 28.6 Å². The van der Waals surface area contributed by atoms with Crippen LogP contribution >= 0.6 is 0 Å². The van der Waals surface area contributed by atoms with Gasteiger partial charge in [-0.15, -0.1) is 0 Å². The lowest BCUT2D eigenvalue weighted by atomic mass is 10.1. The zero-order chi connectivity index (χ0) is 43.0. The number of ether oxygens (including phenoxy) is 3. The molecule has 1 unspecified atom stereocenters. The normalized spacial score (nSPS) is 12.5. The monoisotopic (exact) mass is 825 g/mol. The van der Waals surface area contributed by atoms with E-state index in [0.29, 0.717) is 12.8 Å². The Morgan fingerprint density at radius 2 is 0.729 bits per heavy atom. The minimum atomic E-state index is -0.815. The molecule has 0 fully saturated rings. The first-order valence-electron chi connectivity index (χ1n) is 24.8. The molecule has 59 heavy (non-hydrogen) atoms. The van der Waals surface area contributed by atoms with E-state index in [0.717, 1.165) is 77.0 Å². The van der Waals surface area contributed by atoms with Gasteiger partial charge in [0.25, 0.3) is 0 Å². The van der Waals surface area contributed by atoms with E-state index < -0.39 is 12.1 Å². The Labute approximate surface area is 364 Å². The van der Waals surface area contributed by atoms with Crippen LogP contribution in [0, 0.1) is 0 Å². The Morgan fingerprint density at radius 1 is 0.373 bits per heavy atom. The van der Waals surface area contributed by atoms with E-state index in [2.05, 4.69) is 69.4 Å². The molecule has 0 aromatic heterocycles. The van der Waals surface area contributed by atoms with Gasteiger partial charge in [0.15, 0.2) is 6.10 Å². The molecule has 0 aromatic carbocycles. The van der Waals surface area contributed by atoms with Gasteiger partial charge in [0.1, 0.15) is 13.2 Å². The highest BCUT2D eigenvalue weighted by Gasteiger charge is 2.19. The lowest BCUT2D eigenvalue weighted by Crippen LogP contribution is -2.30. The molecule has 340 valence electrons. The average molecular weight is 825 g/mol. The summed E-state index contributed by atoms with van der Waals surface area (Å²) in [6.45, 7) is 6.40. The van der Waals surface area contributed by atoms with Gasteiger partial charge in [-0.2, -0.15) is 0 Å². The molecule has 6 heteroatoms. The standard InChI is InChI=1S/C53H92O6/c1-4-7-10-13-16-19-21-23-25-27-29-31-34-37-40-43-46-52(55)58-49-50(48-57-51(54)45-42-39-36-33-18-15-12-9-6-3)59-53(56)47-44-41-38-35-32-30-28-26-24-22-20-17-14-11-8-5-2/h9,12,18,25-28,33,39,42,50H,4-8,10-11,13-17,19-24,29-32,34-38,40-41,43-49H2,1-3H3/b12-9-,27-25-,28-26-,33-18-,42-39-. The van der Waals surface area contributed by atoms with E-state index in [1.807, 2.05) is 6.08 Å². The molecular weight excluding hydrogens is 733 g/mol. The highest BCUT2D eigenvalue weighted by molar-refractivity contribution is 5.72. The van der Waals surface area contributed by atoms with Crippen molar-refractivity contribution in [1.29, 1.82) is 0 Å². The van der Waals surface area contributed by atoms with E-state index >= 15 is 0 Å². The Hall–Kier alpha value is -2.89. The van der Waals surface area contributed by atoms with Crippen LogP contribution in [0.5, 0.6) is 0 Å². The van der Waals surface area contributed by atoms with Gasteiger partial charge in [0, 0.05) is 12.8 Å². The van der Waals surface area contributed by atoms with Crippen molar-refractivity contribution < 1.29 is 28.6 Å². The lowest BCUT2D eigenvalue weighted by molar-refractivity contribution is -0.166. The third-order valence-electron chi connectivity index (χ3n) is 10.5. The molecule has 0 heterocycles. The van der Waals surface area contributed by atoms with Crippen LogP contribution in [0.3, 0.4) is 0 Å². The van der Waals surface area contributed by atoms with Crippen molar-refractivity contribution in [2.75, 3.05) is 13.2 Å². The van der Waals surface area contributed by atoms with Gasteiger partial charge in [0.05, 0.1) is 6.42 Å². The summed E-state index contributed by atoms with van der Waals surface area (Å²) in [5, 5.41) is 0. The molecule has 0 rings (SSSR count). The van der Waals surface area contributed by atoms with Crippen molar-refractivity contribution >= 4 is 17.9 Å². The molecule has 0 aromatic rings. The molecule has 0 saturated carbocycles. The number of allylic oxidation sites excluding steroid dienone is 9. The summed E-state index contributed by atoms with van der Waals surface area (Å²) in [6.07, 6.45) is 58.1. The predicted octanol–water partition coefficient (Wildman–Crippen LogP) is 16.1. The summed E-state index contributed by atoms with van der Waals surface area (Å²) < 4.78 is 16.6. The fourth-order valence-corrected chi connectivity index (χ4v) is 6.79. The first-order chi connectivity index (χ1) is 29.0. The fraction of sp³-hybridized carbons (Fsp3) is 0.755. The van der Waals surface area contributed by atoms with Gasteiger partial charge in [-0.05, 0) is 83.5 Å². The third-order valence-corrected chi connectivity index (χ3v) is 10.5. The Balaban J connectivity index is 4.40. The van der Waals surface area contributed by atoms with Gasteiger partial charge in [-0.25, -0.2) is 0 Å². The maximum atomic E-state index is 12.7. The Kier molecular flexibility index (Phi) is 45.4. The van der Waals surface area contributed by atoms with Crippen LogP contribution in [0.2, 0.25) is 0 Å². The molecule has 1 atom stereocenters. The molecule has 6 nitrogen and oxygen atoms in total. The van der Waals surface area contributed by atoms with E-state index in [-0.39, 0.29) is 31.6 Å². The van der Waals surface area contributed by atoms with Gasteiger partial charge >= 0.3 is 17.9 Å². The Bertz CT molecular complexity index is 1090. The maximum Gasteiger partial charge on any atom is 0.309 e. The molecule has 0 bridgehead atoms. The van der Waals surface area contributed by atoms with Gasteiger partial charge in [-0.1, -0.05) is 197 Å². The summed E-state index contributed by atoms with van der Waals surface area (Å²) in [7, 11) is 0. The minimum absolute atomic E-state index is 0.108. The molecular formula is C53H92O6. The summed E-state index contributed by atoms with van der Waals surface area (Å²) in [5.74, 6) is -1.05. The lowest BCUT2D eigenvalue weighted by Gasteiger charge is -2.18. The van der Waals surface area contributed by atoms with Crippen LogP contribution in [0.1, 0.15) is 239 Å². The smallest absolute Gasteiger partial charge is 0.309 e. The summed E-state index contributed by atoms with van der Waals surface area (Å²) in [5.41, 5.74) is 0. The van der Waals surface area contributed by atoms with Gasteiger partial charge < -0.3 is 14.2 Å². The first kappa shape index (κ1) is 56.1. The minimum Gasteiger partial charge on any atom is -0.462 e. The highest BCUT2D eigenvalue weighted by atomic mass is 16.6. The van der Waals surface area contributed by atoms with Crippen molar-refractivity contribution in [2.24, 2.45) is 0 Å². The molecule has 0 spiro atoms. The predicted molar refractivity (Wildman–Crippen MR) is 251 cm³/mol. The van der Waals surface area contributed by atoms with E-state index in [9.17, 15) is 14.4 Å². The number of carbonyl (C=O) groups is 3. The van der Waals surface area contributed by atoms with Crippen LogP contribution in [0.15, 0.2) is 60.8 Å². The third kappa shape index (κ3) is 46.0. The zero-order valence-corrected chi connectivity index (χ0v) is 38.8. The van der Waals surface area contributed by atoms with E-state index in [4.69, 9.17) is 14.2 Å². The number of hydrogen-bond acceptors (Lipinski definition) is 6. The maximum absolute atomic E-state index is 12.7. The van der Waals surface area contributed by atoms with Crippen LogP contribution in [-0.4, -0.2) is 37.2 Å². The van der Waals surface area contributed by atoms with Crippen LogP contribution in [0.4, 0.5) is 0 Å². The average Bonchev–Trinajstić information content (AvgIpc) is 3.23. The van der Waals surface area contributed by atoms with Crippen molar-refractivity contribution in [1.82, 2.24) is 0 Å². The molecule has 0 saturated heterocycles. The van der Waals surface area contributed by atoms with Crippen molar-refractivity contribution in [3.63, 3.8) is 0 Å². The summed E-state index contributed by atoms with van der Waals surface area (Å²) >= 11 is 0. The largest absolute Gasteiger partial charge is 0.462 e. The molecule has 0 radical (unpaired) electrons. The quantitative estimate of drug-likeness (QED) is 0.0263. The second-order valence-electron chi connectivity index (χ2n) is 16.4. The second kappa shape index (κ2) is 47.8. The van der Waals surface area contributed by atoms with E-state index in [1.54, 1.807) is 6.08 Å². The molecule has 0 aliphatic rings. The Morgan fingerprint density at radius 3 is 1.17 bits per heavy atom. The zero-order valence-electron chi connectivity index (χ0n) is 38.8. The van der Waals surface area contributed by atoms with Crippen molar-refractivity contribution in [2.45, 2.75) is 245 Å². The number of carbonyl (C=O) groups excluding carboxylic acids is 3. The number of hydrogen-bond donors (Lipinski definition) is 0. The molecule has 0 aliphatic carbocycles. The summed E-state index contributed by atoms with van der Waals surface area (Å²) in [4.78, 5) is 37.7.